The third-order valence-electron chi connectivity index (χ3n) is 4.21. The first kappa shape index (κ1) is 18.6. The maximum atomic E-state index is 12.6. The summed E-state index contributed by atoms with van der Waals surface area (Å²) in [6.45, 7) is 3.91. The Morgan fingerprint density at radius 1 is 1.07 bits per heavy atom. The Morgan fingerprint density at radius 3 is 2.52 bits per heavy atom. The average molecular weight is 362 g/mol. The molecular weight excluding hydrogens is 340 g/mol. The quantitative estimate of drug-likeness (QED) is 0.597. The molecule has 1 aliphatic rings. The zero-order valence-corrected chi connectivity index (χ0v) is 15.5. The van der Waals surface area contributed by atoms with Crippen molar-refractivity contribution in [3.05, 3.63) is 82.9 Å². The van der Waals surface area contributed by atoms with Crippen LogP contribution in [0, 0.1) is 0 Å². The molecule has 2 aromatic carbocycles. The molecule has 27 heavy (non-hydrogen) atoms. The fraction of sp³-hybridized carbons (Fsp3) is 0.227. The highest BCUT2D eigenvalue weighted by molar-refractivity contribution is 5.92. The number of fused-ring (bicyclic) bond motifs is 1. The van der Waals surface area contributed by atoms with Crippen LogP contribution >= 0.6 is 0 Å². The lowest BCUT2D eigenvalue weighted by Crippen LogP contribution is -2.34. The van der Waals surface area contributed by atoms with E-state index in [1.165, 1.54) is 11.1 Å². The van der Waals surface area contributed by atoms with Gasteiger partial charge >= 0.3 is 5.97 Å². The molecule has 1 aliphatic heterocycles. The molecule has 0 spiro atoms. The maximum Gasteiger partial charge on any atom is 0.308 e. The van der Waals surface area contributed by atoms with Gasteiger partial charge in [-0.2, -0.15) is 5.10 Å². The number of rotatable bonds is 5. The fourth-order valence-corrected chi connectivity index (χ4v) is 2.94. The number of hydrogen-bond acceptors (Lipinski definition) is 4. The number of carbonyl (C=O) groups excluding carboxylic acids is 2. The normalized spacial score (nSPS) is 15.0. The van der Waals surface area contributed by atoms with Gasteiger partial charge in [-0.3, -0.25) is 9.59 Å². The van der Waals surface area contributed by atoms with Gasteiger partial charge in [0.15, 0.2) is 0 Å². The second kappa shape index (κ2) is 8.45. The Morgan fingerprint density at radius 2 is 1.78 bits per heavy atom. The molecule has 0 bridgehead atoms. The molecule has 1 heterocycles. The predicted molar refractivity (Wildman–Crippen MR) is 104 cm³/mol. The standard InChI is InChI=1S/C22H22N2O3/c1-16(2)12-21(25)24-20(19-11-7-6-10-18(19)14-23-24)13-22(26)27-15-17-8-4-3-5-9-17/h3-12,14,20H,13,15H2,1-2H3. The van der Waals surface area contributed by atoms with Gasteiger partial charge in [0, 0.05) is 6.08 Å². The van der Waals surface area contributed by atoms with Crippen LogP contribution in [-0.4, -0.2) is 23.1 Å². The number of carbonyl (C=O) groups is 2. The molecule has 3 rings (SSSR count). The van der Waals surface area contributed by atoms with Gasteiger partial charge in [0.25, 0.3) is 5.91 Å². The molecule has 0 radical (unpaired) electrons. The largest absolute Gasteiger partial charge is 0.461 e. The molecule has 5 nitrogen and oxygen atoms in total. The Labute approximate surface area is 159 Å². The maximum absolute atomic E-state index is 12.6. The number of ether oxygens (including phenoxy) is 1. The van der Waals surface area contributed by atoms with Crippen LogP contribution in [0.15, 0.2) is 71.3 Å². The molecule has 5 heteroatoms. The van der Waals surface area contributed by atoms with Crippen LogP contribution in [0.5, 0.6) is 0 Å². The summed E-state index contributed by atoms with van der Waals surface area (Å²) in [5.41, 5.74) is 3.59. The minimum Gasteiger partial charge on any atom is -0.461 e. The molecule has 1 unspecified atom stereocenters. The molecule has 0 saturated heterocycles. The van der Waals surface area contributed by atoms with Gasteiger partial charge in [-0.1, -0.05) is 60.2 Å². The molecule has 0 N–H and O–H groups in total. The predicted octanol–water partition coefficient (Wildman–Crippen LogP) is 4.00. The van der Waals surface area contributed by atoms with E-state index in [2.05, 4.69) is 5.10 Å². The SMILES string of the molecule is CC(C)=CC(=O)N1N=Cc2ccccc2C1CC(=O)OCc1ccccc1. The van der Waals surface area contributed by atoms with E-state index in [4.69, 9.17) is 4.74 Å². The Balaban J connectivity index is 1.77. The molecule has 0 aromatic heterocycles. The Hall–Kier alpha value is -3.21. The lowest BCUT2D eigenvalue weighted by atomic mass is 9.96. The van der Waals surface area contributed by atoms with Crippen molar-refractivity contribution in [2.24, 2.45) is 5.10 Å². The van der Waals surface area contributed by atoms with E-state index in [-0.39, 0.29) is 24.9 Å². The van der Waals surface area contributed by atoms with Gasteiger partial charge in [-0.05, 0) is 30.5 Å². The number of amides is 1. The molecule has 1 atom stereocenters. The molecule has 0 fully saturated rings. The summed E-state index contributed by atoms with van der Waals surface area (Å²) in [5, 5.41) is 5.64. The van der Waals surface area contributed by atoms with E-state index in [0.717, 1.165) is 22.3 Å². The minimum absolute atomic E-state index is 0.0452. The van der Waals surface area contributed by atoms with Crippen LogP contribution in [0.1, 0.15) is 43.0 Å². The second-order valence-electron chi connectivity index (χ2n) is 6.64. The van der Waals surface area contributed by atoms with Gasteiger partial charge in [0.05, 0.1) is 18.7 Å². The van der Waals surface area contributed by atoms with E-state index in [0.29, 0.717) is 0 Å². The zero-order chi connectivity index (χ0) is 19.2. The topological polar surface area (TPSA) is 59.0 Å². The summed E-state index contributed by atoms with van der Waals surface area (Å²) < 4.78 is 5.41. The van der Waals surface area contributed by atoms with E-state index in [1.54, 1.807) is 6.21 Å². The summed E-state index contributed by atoms with van der Waals surface area (Å²) >= 11 is 0. The Kier molecular flexibility index (Phi) is 5.81. The molecular formula is C22H22N2O3. The summed E-state index contributed by atoms with van der Waals surface area (Å²) in [6.07, 6.45) is 3.22. The van der Waals surface area contributed by atoms with Crippen molar-refractivity contribution in [2.75, 3.05) is 0 Å². The zero-order valence-electron chi connectivity index (χ0n) is 15.5. The number of esters is 1. The number of benzene rings is 2. The van der Waals surface area contributed by atoms with Crippen LogP contribution in [-0.2, 0) is 20.9 Å². The van der Waals surface area contributed by atoms with Gasteiger partial charge < -0.3 is 4.74 Å². The third-order valence-corrected chi connectivity index (χ3v) is 4.21. The highest BCUT2D eigenvalue weighted by atomic mass is 16.5. The first-order chi connectivity index (χ1) is 13.0. The summed E-state index contributed by atoms with van der Waals surface area (Å²) in [6, 6.07) is 16.7. The number of allylic oxidation sites excluding steroid dienone is 1. The molecule has 0 saturated carbocycles. The third kappa shape index (κ3) is 4.70. The highest BCUT2D eigenvalue weighted by Crippen LogP contribution is 2.31. The van der Waals surface area contributed by atoms with Crippen molar-refractivity contribution in [2.45, 2.75) is 32.9 Å². The van der Waals surface area contributed by atoms with Crippen molar-refractivity contribution >= 4 is 18.1 Å². The lowest BCUT2D eigenvalue weighted by Gasteiger charge is -2.30. The van der Waals surface area contributed by atoms with Gasteiger partial charge in [0.2, 0.25) is 0 Å². The number of hydrazone groups is 1. The van der Waals surface area contributed by atoms with Crippen molar-refractivity contribution in [1.82, 2.24) is 5.01 Å². The second-order valence-corrected chi connectivity index (χ2v) is 6.64. The fourth-order valence-electron chi connectivity index (χ4n) is 2.94. The Bertz CT molecular complexity index is 883. The van der Waals surface area contributed by atoms with E-state index >= 15 is 0 Å². The summed E-state index contributed by atoms with van der Waals surface area (Å²) in [4.78, 5) is 25.0. The molecule has 0 aliphatic carbocycles. The van der Waals surface area contributed by atoms with Crippen LogP contribution in [0.25, 0.3) is 0 Å². The van der Waals surface area contributed by atoms with E-state index in [9.17, 15) is 9.59 Å². The highest BCUT2D eigenvalue weighted by Gasteiger charge is 2.31. The van der Waals surface area contributed by atoms with E-state index < -0.39 is 6.04 Å². The molecule has 1 amide bonds. The van der Waals surface area contributed by atoms with Crippen molar-refractivity contribution in [1.29, 1.82) is 0 Å². The van der Waals surface area contributed by atoms with Crippen LogP contribution in [0.3, 0.4) is 0 Å². The minimum atomic E-state index is -0.488. The van der Waals surface area contributed by atoms with Crippen LogP contribution in [0.2, 0.25) is 0 Å². The lowest BCUT2D eigenvalue weighted by molar-refractivity contribution is -0.147. The summed E-state index contributed by atoms with van der Waals surface area (Å²) in [7, 11) is 0. The molecule has 2 aromatic rings. The van der Waals surface area contributed by atoms with Gasteiger partial charge in [0.1, 0.15) is 6.61 Å². The van der Waals surface area contributed by atoms with Crippen molar-refractivity contribution < 1.29 is 14.3 Å². The number of hydrogen-bond donors (Lipinski definition) is 0. The van der Waals surface area contributed by atoms with Crippen LogP contribution in [0.4, 0.5) is 0 Å². The molecule has 138 valence electrons. The van der Waals surface area contributed by atoms with Gasteiger partial charge in [-0.25, -0.2) is 5.01 Å². The van der Waals surface area contributed by atoms with E-state index in [1.807, 2.05) is 68.4 Å². The van der Waals surface area contributed by atoms with Crippen molar-refractivity contribution in [3.63, 3.8) is 0 Å². The summed E-state index contributed by atoms with van der Waals surface area (Å²) in [5.74, 6) is -0.618. The first-order valence-corrected chi connectivity index (χ1v) is 8.85. The van der Waals surface area contributed by atoms with Crippen LogP contribution < -0.4 is 0 Å². The van der Waals surface area contributed by atoms with Gasteiger partial charge in [-0.15, -0.1) is 0 Å². The monoisotopic (exact) mass is 362 g/mol. The average Bonchev–Trinajstić information content (AvgIpc) is 2.67. The van der Waals surface area contributed by atoms with Crippen molar-refractivity contribution in [3.8, 4) is 0 Å². The first-order valence-electron chi connectivity index (χ1n) is 8.85. The number of nitrogens with zero attached hydrogens (tertiary/aromatic N) is 2. The smallest absolute Gasteiger partial charge is 0.308 e.